The molecule has 2 aromatic rings. The number of hydrogen-bond donors (Lipinski definition) is 0. The zero-order valence-corrected chi connectivity index (χ0v) is 12.3. The second-order valence-electron chi connectivity index (χ2n) is 5.16. The van der Waals surface area contributed by atoms with Gasteiger partial charge in [0.1, 0.15) is 5.78 Å². The van der Waals surface area contributed by atoms with E-state index in [1.165, 1.54) is 0 Å². The Bertz CT molecular complexity index is 597. The first-order valence-electron chi connectivity index (χ1n) is 7.41. The van der Waals surface area contributed by atoms with E-state index in [1.54, 1.807) is 0 Å². The zero-order valence-electron chi connectivity index (χ0n) is 12.3. The molecular weight excluding hydrogens is 260 g/mol. The number of carbonyl (C=O) groups is 2. The summed E-state index contributed by atoms with van der Waals surface area (Å²) in [6, 6.07) is 17.6. The Morgan fingerprint density at radius 1 is 0.762 bits per heavy atom. The molecule has 0 atom stereocenters. The van der Waals surface area contributed by atoms with E-state index >= 15 is 0 Å². The molecule has 0 radical (unpaired) electrons. The molecule has 0 heterocycles. The molecule has 0 aromatic heterocycles. The first kappa shape index (κ1) is 15.2. The molecule has 0 saturated carbocycles. The summed E-state index contributed by atoms with van der Waals surface area (Å²) in [6.45, 7) is 1.97. The molecule has 0 N–H and O–H groups in total. The minimum atomic E-state index is 0.0408. The molecule has 108 valence electrons. The van der Waals surface area contributed by atoms with E-state index in [-0.39, 0.29) is 11.6 Å². The highest BCUT2D eigenvalue weighted by Gasteiger charge is 2.09. The van der Waals surface area contributed by atoms with Gasteiger partial charge < -0.3 is 0 Å². The Morgan fingerprint density at radius 3 is 2.00 bits per heavy atom. The molecule has 0 fully saturated rings. The van der Waals surface area contributed by atoms with E-state index in [2.05, 4.69) is 0 Å². The van der Waals surface area contributed by atoms with Gasteiger partial charge in [-0.1, -0.05) is 61.5 Å². The third kappa shape index (κ3) is 4.38. The summed E-state index contributed by atoms with van der Waals surface area (Å²) in [4.78, 5) is 23.5. The summed E-state index contributed by atoms with van der Waals surface area (Å²) in [7, 11) is 0. The molecule has 0 bridgehead atoms. The minimum Gasteiger partial charge on any atom is -0.300 e. The van der Waals surface area contributed by atoms with Crippen LogP contribution in [0.25, 0.3) is 11.1 Å². The van der Waals surface area contributed by atoms with Crippen LogP contribution in [0.2, 0.25) is 0 Å². The molecule has 2 heteroatoms. The molecule has 0 aliphatic heterocycles. The van der Waals surface area contributed by atoms with Crippen molar-refractivity contribution >= 4 is 11.6 Å². The van der Waals surface area contributed by atoms with Gasteiger partial charge in [0.05, 0.1) is 0 Å². The van der Waals surface area contributed by atoms with Gasteiger partial charge in [0.15, 0.2) is 5.78 Å². The lowest BCUT2D eigenvalue weighted by Gasteiger charge is -2.04. The fraction of sp³-hybridized carbons (Fsp3) is 0.263. The molecule has 0 saturated heterocycles. The van der Waals surface area contributed by atoms with Gasteiger partial charge in [-0.05, 0) is 17.5 Å². The number of carbonyl (C=O) groups excluding carboxylic acids is 2. The summed E-state index contributed by atoms with van der Waals surface area (Å²) < 4.78 is 0. The van der Waals surface area contributed by atoms with E-state index in [0.717, 1.165) is 17.5 Å². The van der Waals surface area contributed by atoms with E-state index < -0.39 is 0 Å². The van der Waals surface area contributed by atoms with Crippen LogP contribution in [0.4, 0.5) is 0 Å². The van der Waals surface area contributed by atoms with E-state index in [1.807, 2.05) is 61.5 Å². The van der Waals surface area contributed by atoms with Crippen molar-refractivity contribution in [3.05, 3.63) is 60.2 Å². The van der Waals surface area contributed by atoms with Crippen LogP contribution in [0.1, 0.15) is 43.0 Å². The van der Waals surface area contributed by atoms with Gasteiger partial charge in [-0.3, -0.25) is 9.59 Å². The normalized spacial score (nSPS) is 10.3. The highest BCUT2D eigenvalue weighted by atomic mass is 16.1. The predicted molar refractivity (Wildman–Crippen MR) is 85.4 cm³/mol. The maximum atomic E-state index is 12.0. The Hall–Kier alpha value is -2.22. The quantitative estimate of drug-likeness (QED) is 0.690. The van der Waals surface area contributed by atoms with Gasteiger partial charge in [-0.2, -0.15) is 0 Å². The zero-order chi connectivity index (χ0) is 15.1. The third-order valence-electron chi connectivity index (χ3n) is 3.47. The monoisotopic (exact) mass is 280 g/mol. The molecule has 2 aromatic carbocycles. The fourth-order valence-corrected chi connectivity index (χ4v) is 2.28. The first-order chi connectivity index (χ1) is 10.2. The minimum absolute atomic E-state index is 0.0408. The Balaban J connectivity index is 1.99. The fourth-order valence-electron chi connectivity index (χ4n) is 2.28. The van der Waals surface area contributed by atoms with Gasteiger partial charge in [0.2, 0.25) is 0 Å². The van der Waals surface area contributed by atoms with E-state index in [0.29, 0.717) is 24.8 Å². The van der Waals surface area contributed by atoms with Crippen LogP contribution in [-0.4, -0.2) is 11.6 Å². The van der Waals surface area contributed by atoms with Crippen molar-refractivity contribution in [2.75, 3.05) is 0 Å². The van der Waals surface area contributed by atoms with Crippen LogP contribution in [0.5, 0.6) is 0 Å². The van der Waals surface area contributed by atoms with Crippen molar-refractivity contribution in [3.8, 4) is 11.1 Å². The highest BCUT2D eigenvalue weighted by molar-refractivity contribution is 5.98. The molecule has 0 aliphatic rings. The van der Waals surface area contributed by atoms with Crippen LogP contribution in [-0.2, 0) is 4.79 Å². The predicted octanol–water partition coefficient (Wildman–Crippen LogP) is 4.69. The van der Waals surface area contributed by atoms with Gasteiger partial charge in [-0.15, -0.1) is 0 Å². The van der Waals surface area contributed by atoms with Crippen LogP contribution >= 0.6 is 0 Å². The van der Waals surface area contributed by atoms with Crippen LogP contribution in [0.15, 0.2) is 54.6 Å². The number of benzene rings is 2. The van der Waals surface area contributed by atoms with Crippen molar-refractivity contribution in [3.63, 3.8) is 0 Å². The summed E-state index contributed by atoms with van der Waals surface area (Å²) in [6.07, 6.45) is 2.08. The van der Waals surface area contributed by atoms with Crippen LogP contribution < -0.4 is 0 Å². The maximum Gasteiger partial charge on any atom is 0.163 e. The van der Waals surface area contributed by atoms with E-state index in [9.17, 15) is 9.59 Å². The van der Waals surface area contributed by atoms with Crippen molar-refractivity contribution in [1.82, 2.24) is 0 Å². The Kier molecular flexibility index (Phi) is 5.44. The number of Topliss-reactive ketones (excluding diaryl/α,β-unsaturated/α-hetero) is 2. The average Bonchev–Trinajstić information content (AvgIpc) is 2.54. The lowest BCUT2D eigenvalue weighted by Crippen LogP contribution is -2.04. The SMILES string of the molecule is CCCC(=O)CCC(=O)c1ccc(-c2ccccc2)cc1. The Morgan fingerprint density at radius 2 is 1.38 bits per heavy atom. The van der Waals surface area contributed by atoms with Crippen molar-refractivity contribution in [2.24, 2.45) is 0 Å². The lowest BCUT2D eigenvalue weighted by atomic mass is 10.00. The van der Waals surface area contributed by atoms with Crippen LogP contribution in [0.3, 0.4) is 0 Å². The topological polar surface area (TPSA) is 34.1 Å². The van der Waals surface area contributed by atoms with E-state index in [4.69, 9.17) is 0 Å². The second kappa shape index (κ2) is 7.53. The number of hydrogen-bond acceptors (Lipinski definition) is 2. The van der Waals surface area contributed by atoms with Crippen molar-refractivity contribution in [2.45, 2.75) is 32.6 Å². The summed E-state index contributed by atoms with van der Waals surface area (Å²) in [5.41, 5.74) is 2.91. The highest BCUT2D eigenvalue weighted by Crippen LogP contribution is 2.20. The second-order valence-corrected chi connectivity index (χ2v) is 5.16. The van der Waals surface area contributed by atoms with Gasteiger partial charge >= 0.3 is 0 Å². The Labute approximate surface area is 125 Å². The van der Waals surface area contributed by atoms with Crippen molar-refractivity contribution in [1.29, 1.82) is 0 Å². The summed E-state index contributed by atoms with van der Waals surface area (Å²) >= 11 is 0. The molecule has 21 heavy (non-hydrogen) atoms. The number of ketones is 2. The van der Waals surface area contributed by atoms with Gasteiger partial charge in [0, 0.05) is 24.8 Å². The smallest absolute Gasteiger partial charge is 0.163 e. The molecule has 2 nitrogen and oxygen atoms in total. The van der Waals surface area contributed by atoms with Crippen molar-refractivity contribution < 1.29 is 9.59 Å². The van der Waals surface area contributed by atoms with Gasteiger partial charge in [0.25, 0.3) is 0 Å². The first-order valence-corrected chi connectivity index (χ1v) is 7.41. The summed E-state index contributed by atoms with van der Waals surface area (Å²) in [5, 5.41) is 0. The molecule has 0 aliphatic carbocycles. The van der Waals surface area contributed by atoms with Crippen LogP contribution in [0, 0.1) is 0 Å². The largest absolute Gasteiger partial charge is 0.300 e. The van der Waals surface area contributed by atoms with Gasteiger partial charge in [-0.25, -0.2) is 0 Å². The lowest BCUT2D eigenvalue weighted by molar-refractivity contribution is -0.119. The summed E-state index contributed by atoms with van der Waals surface area (Å²) in [5.74, 6) is 0.214. The maximum absolute atomic E-state index is 12.0. The molecule has 2 rings (SSSR count). The standard InChI is InChI=1S/C19H20O2/c1-2-6-18(20)13-14-19(21)17-11-9-16(10-12-17)15-7-4-3-5-8-15/h3-5,7-12H,2,6,13-14H2,1H3. The third-order valence-corrected chi connectivity index (χ3v) is 3.47. The molecule has 0 spiro atoms. The molecular formula is C19H20O2. The molecule has 0 amide bonds. The number of rotatable bonds is 7. The average molecular weight is 280 g/mol. The molecule has 0 unspecified atom stereocenters.